The number of benzene rings is 3. The molecule has 29 heteroatoms. The SMILES string of the molecule is COc1cccc2c1C(=O)c1c(O)c3c(c(O)c1C2=O)C[C@@](O)(C(=O)NCCNC(=O)NNC(=O)OCc1ccc(NC(=O)[C@H](C)NC(=O)[C@H](C)NC(=O)CCN2C(=O)C=CC2=O)cc1)C[C@@H]3O[C@H]1CC[C@H](O[C@H]2[NH2+]CCO[C@@H]2OC)[C@H](C)O1. The number of morpholine rings is 1. The van der Waals surface area contributed by atoms with Gasteiger partial charge in [0.1, 0.15) is 48.1 Å². The number of nitrogens with zero attached hydrogens (tertiary/aromatic N) is 1. The largest absolute Gasteiger partial charge is 0.507 e. The molecule has 12 N–H and O–H groups in total. The Morgan fingerprint density at radius 2 is 1.54 bits per heavy atom. The fraction of sp³-hybridized carbons (Fsp3) is 0.455. The maximum absolute atomic E-state index is 14.2. The summed E-state index contributed by atoms with van der Waals surface area (Å²) in [5.41, 5.74) is 0.923. The molecular formula is C55H66N9O20+. The summed E-state index contributed by atoms with van der Waals surface area (Å²) in [7, 11) is 2.82. The zero-order valence-electron chi connectivity index (χ0n) is 46.4. The molecule has 0 unspecified atom stereocenters. The van der Waals surface area contributed by atoms with E-state index in [2.05, 4.69) is 37.4 Å². The van der Waals surface area contributed by atoms with Crippen LogP contribution in [0, 0.1) is 0 Å². The first-order valence-corrected chi connectivity index (χ1v) is 26.9. The summed E-state index contributed by atoms with van der Waals surface area (Å²) >= 11 is 0. The summed E-state index contributed by atoms with van der Waals surface area (Å²) < 4.78 is 40.6. The molecule has 3 aliphatic heterocycles. The van der Waals surface area contributed by atoms with Gasteiger partial charge < -0.3 is 80.4 Å². The zero-order valence-corrected chi connectivity index (χ0v) is 46.4. The molecule has 29 nitrogen and oxygen atoms in total. The molecule has 3 aromatic rings. The smallest absolute Gasteiger partial charge is 0.426 e. The third-order valence-electron chi connectivity index (χ3n) is 14.6. The number of hydrazine groups is 1. The van der Waals surface area contributed by atoms with Gasteiger partial charge in [-0.2, -0.15) is 0 Å². The molecular weight excluding hydrogens is 1110 g/mol. The van der Waals surface area contributed by atoms with Crippen LogP contribution in [0.25, 0.3) is 0 Å². The van der Waals surface area contributed by atoms with E-state index in [1.807, 2.05) is 5.32 Å². The highest BCUT2D eigenvalue weighted by molar-refractivity contribution is 6.31. The molecule has 0 aromatic heterocycles. The number of nitrogens with two attached hydrogens (primary N) is 1. The van der Waals surface area contributed by atoms with Crippen molar-refractivity contribution in [3.63, 3.8) is 0 Å². The number of urea groups is 1. The van der Waals surface area contributed by atoms with Crippen molar-refractivity contribution in [1.29, 1.82) is 0 Å². The topological polar surface area (TPSA) is 400 Å². The van der Waals surface area contributed by atoms with E-state index in [0.29, 0.717) is 30.8 Å². The van der Waals surface area contributed by atoms with Crippen LogP contribution in [0.15, 0.2) is 54.6 Å². The summed E-state index contributed by atoms with van der Waals surface area (Å²) in [4.78, 5) is 129. The molecule has 0 spiro atoms. The Bertz CT molecular complexity index is 3100. The molecule has 5 aliphatic rings. The third-order valence-corrected chi connectivity index (χ3v) is 14.6. The van der Waals surface area contributed by atoms with Crippen LogP contribution in [-0.2, 0) is 70.2 Å². The normalized spacial score (nSPS) is 23.2. The lowest BCUT2D eigenvalue weighted by atomic mass is 9.72. The molecule has 2 aliphatic carbocycles. The maximum atomic E-state index is 14.2. The molecule has 0 saturated carbocycles. The number of amides is 9. The van der Waals surface area contributed by atoms with Gasteiger partial charge in [-0.05, 0) is 51.0 Å². The number of quaternary nitrogens is 1. The number of hydrogen-bond donors (Lipinski definition) is 11. The molecule has 9 amide bonds. The molecule has 8 rings (SSSR count). The second kappa shape index (κ2) is 26.8. The summed E-state index contributed by atoms with van der Waals surface area (Å²) in [6.07, 6.45) is -4.18. The van der Waals surface area contributed by atoms with Gasteiger partial charge in [0.2, 0.25) is 36.0 Å². The number of aromatic hydroxyl groups is 2. The van der Waals surface area contributed by atoms with Gasteiger partial charge >= 0.3 is 12.1 Å². The fourth-order valence-corrected chi connectivity index (χ4v) is 10.2. The molecule has 84 heavy (non-hydrogen) atoms. The molecule has 3 aromatic carbocycles. The van der Waals surface area contributed by atoms with Crippen molar-refractivity contribution in [1.82, 2.24) is 37.0 Å². The van der Waals surface area contributed by atoms with Gasteiger partial charge in [-0.25, -0.2) is 20.4 Å². The van der Waals surface area contributed by atoms with Crippen LogP contribution in [0.4, 0.5) is 15.3 Å². The average Bonchev–Trinajstić information content (AvgIpc) is 4.06. The molecule has 2 saturated heterocycles. The quantitative estimate of drug-likeness (QED) is 0.0217. The summed E-state index contributed by atoms with van der Waals surface area (Å²) in [5, 5.41) is 50.6. The molecule has 0 radical (unpaired) electrons. The molecule has 450 valence electrons. The lowest BCUT2D eigenvalue weighted by Gasteiger charge is -2.42. The minimum atomic E-state index is -2.39. The number of rotatable bonds is 20. The van der Waals surface area contributed by atoms with Crippen molar-refractivity contribution in [2.45, 2.75) is 114 Å². The Kier molecular flexibility index (Phi) is 19.6. The van der Waals surface area contributed by atoms with Gasteiger partial charge in [0, 0.05) is 87.0 Å². The van der Waals surface area contributed by atoms with Crippen LogP contribution in [-0.4, -0.2) is 175 Å². The number of ketones is 2. The van der Waals surface area contributed by atoms with Crippen LogP contribution < -0.4 is 47.5 Å². The fourth-order valence-electron chi connectivity index (χ4n) is 10.2. The van der Waals surface area contributed by atoms with Crippen molar-refractivity contribution < 1.29 is 102 Å². The first-order valence-electron chi connectivity index (χ1n) is 26.9. The van der Waals surface area contributed by atoms with E-state index in [0.717, 1.165) is 17.1 Å². The molecule has 9 atom stereocenters. The number of nitrogens with one attached hydrogen (secondary N) is 7. The van der Waals surface area contributed by atoms with Gasteiger partial charge in [0.15, 0.2) is 12.1 Å². The summed E-state index contributed by atoms with van der Waals surface area (Å²) in [6.45, 7) is 4.78. The second-order valence-electron chi connectivity index (χ2n) is 20.4. The van der Waals surface area contributed by atoms with E-state index in [9.17, 15) is 63.3 Å². The van der Waals surface area contributed by atoms with Crippen LogP contribution in [0.1, 0.15) is 101 Å². The number of carbonyl (C=O) groups is 10. The number of anilines is 1. The summed E-state index contributed by atoms with van der Waals surface area (Å²) in [6, 6.07) is 7.41. The minimum Gasteiger partial charge on any atom is -0.507 e. The Morgan fingerprint density at radius 1 is 0.833 bits per heavy atom. The number of hydrogen-bond acceptors (Lipinski definition) is 20. The first-order chi connectivity index (χ1) is 40.1. The number of aliphatic hydroxyl groups is 1. The molecule has 3 heterocycles. The van der Waals surface area contributed by atoms with Gasteiger partial charge in [0.25, 0.3) is 17.7 Å². The summed E-state index contributed by atoms with van der Waals surface area (Å²) in [5.74, 6) is -6.94. The molecule has 2 fully saturated rings. The van der Waals surface area contributed by atoms with Gasteiger partial charge in [-0.1, -0.05) is 24.3 Å². The van der Waals surface area contributed by atoms with Crippen LogP contribution in [0.5, 0.6) is 17.2 Å². The number of phenolic OH excluding ortho intramolecular Hbond substituents is 2. The number of carbonyl (C=O) groups excluding carboxylic acids is 10. The van der Waals surface area contributed by atoms with E-state index in [1.165, 1.54) is 70.5 Å². The number of phenols is 2. The van der Waals surface area contributed by atoms with Gasteiger partial charge in [-0.15, -0.1) is 0 Å². The van der Waals surface area contributed by atoms with E-state index in [-0.39, 0.29) is 67.1 Å². The highest BCUT2D eigenvalue weighted by Crippen LogP contribution is 2.52. The van der Waals surface area contributed by atoms with E-state index < -0.39 is 149 Å². The van der Waals surface area contributed by atoms with Crippen LogP contribution in [0.3, 0.4) is 0 Å². The minimum absolute atomic E-state index is 0.0563. The van der Waals surface area contributed by atoms with Crippen molar-refractivity contribution in [2.75, 3.05) is 52.3 Å². The Balaban J connectivity index is 0.805. The zero-order chi connectivity index (χ0) is 60.6. The predicted octanol–water partition coefficient (Wildman–Crippen LogP) is -1.06. The van der Waals surface area contributed by atoms with Crippen molar-refractivity contribution >= 4 is 64.8 Å². The number of fused-ring (bicyclic) bond motifs is 3. The van der Waals surface area contributed by atoms with Crippen LogP contribution in [0.2, 0.25) is 0 Å². The predicted molar refractivity (Wildman–Crippen MR) is 286 cm³/mol. The average molecular weight is 1170 g/mol. The lowest BCUT2D eigenvalue weighted by Crippen LogP contribution is -2.96. The monoisotopic (exact) mass is 1170 g/mol. The highest BCUT2D eigenvalue weighted by atomic mass is 16.7. The Labute approximate surface area is 479 Å². The van der Waals surface area contributed by atoms with E-state index in [1.54, 1.807) is 6.92 Å². The Hall–Kier alpha value is -8.58. The number of methoxy groups -OCH3 is 2. The van der Waals surface area contributed by atoms with Crippen molar-refractivity contribution in [3.05, 3.63) is 93.6 Å². The number of imide groups is 1. The third kappa shape index (κ3) is 13.9. The van der Waals surface area contributed by atoms with Gasteiger partial charge in [-0.3, -0.25) is 43.3 Å². The highest BCUT2D eigenvalue weighted by Gasteiger charge is 2.51. The first kappa shape index (κ1) is 61.5. The van der Waals surface area contributed by atoms with Crippen molar-refractivity contribution in [2.24, 2.45) is 0 Å². The molecule has 0 bridgehead atoms. The van der Waals surface area contributed by atoms with Crippen molar-refractivity contribution in [3.8, 4) is 17.2 Å². The van der Waals surface area contributed by atoms with E-state index in [4.69, 9.17) is 33.2 Å². The second-order valence-corrected chi connectivity index (χ2v) is 20.4. The standard InChI is InChI=1S/C55H65N9O20/c1-26(59-36(65)17-21-64-37(66)14-15-38(64)67)48(72)60-27(2)49(73)61-30-11-9-29(10-12-30)25-81-54(76)63-62-53(75)58-19-18-57-52(74)55(77)23-32-41(47(71)43-42(45(32)69)44(68)31-7-6-8-34(78-4)40(31)46(43)70)35(24-55)83-39-16-13-33(28(3)82-39)84-50-51(79-5)80-22-20-56-50/h6-12,14-15,26-28,33,35,39,50-51,56,69,71,77H,13,16-25H2,1-5H3,(H,57,74)(H,59,65)(H,60,72)(H,61,73)(H,63,76)(H2,58,62,75)/p+1/t26-,27-,28-,33-,35-,39-,50+,51-,55-/m0/s1. The van der Waals surface area contributed by atoms with Crippen LogP contribution >= 0.6 is 0 Å². The maximum Gasteiger partial charge on any atom is 0.426 e. The lowest BCUT2D eigenvalue weighted by molar-refractivity contribution is -0.761. The Morgan fingerprint density at radius 3 is 2.24 bits per heavy atom. The van der Waals surface area contributed by atoms with E-state index >= 15 is 0 Å². The van der Waals surface area contributed by atoms with Gasteiger partial charge in [0.05, 0.1) is 48.7 Å². The number of ether oxygens (including phenoxy) is 7.